The minimum Gasteiger partial charge on any atom is -0.504 e. The van der Waals surface area contributed by atoms with Gasteiger partial charge in [0.05, 0.1) is 0 Å². The van der Waals surface area contributed by atoms with Crippen molar-refractivity contribution < 1.29 is 9.84 Å². The Morgan fingerprint density at radius 1 is 1.11 bits per heavy atom. The summed E-state index contributed by atoms with van der Waals surface area (Å²) in [7, 11) is 0. The first-order valence-electron chi connectivity index (χ1n) is 6.10. The molecular formula is C15H15NO2. The molecule has 0 aromatic heterocycles. The Kier molecular flexibility index (Phi) is 2.81. The number of fused-ring (bicyclic) bond motifs is 1. The van der Waals surface area contributed by atoms with Crippen molar-refractivity contribution in [2.75, 3.05) is 11.9 Å². The van der Waals surface area contributed by atoms with Gasteiger partial charge in [-0.1, -0.05) is 24.3 Å². The summed E-state index contributed by atoms with van der Waals surface area (Å²) in [5.74, 6) is 0.712. The summed E-state index contributed by atoms with van der Waals surface area (Å²) in [6, 6.07) is 13.2. The van der Waals surface area contributed by atoms with Crippen LogP contribution in [0.15, 0.2) is 42.5 Å². The molecule has 0 unspecified atom stereocenters. The number of anilines is 1. The third-order valence-corrected chi connectivity index (χ3v) is 3.21. The molecule has 3 heteroatoms. The third kappa shape index (κ3) is 1.99. The molecule has 0 spiro atoms. The van der Waals surface area contributed by atoms with Crippen molar-refractivity contribution in [3.8, 4) is 11.5 Å². The number of hydrogen-bond donors (Lipinski definition) is 2. The van der Waals surface area contributed by atoms with Gasteiger partial charge in [-0.25, -0.2) is 0 Å². The van der Waals surface area contributed by atoms with E-state index in [2.05, 4.69) is 17.4 Å². The second-order valence-corrected chi connectivity index (χ2v) is 4.38. The average molecular weight is 241 g/mol. The Morgan fingerprint density at radius 2 is 2.00 bits per heavy atom. The van der Waals surface area contributed by atoms with Crippen molar-refractivity contribution in [2.24, 2.45) is 0 Å². The summed E-state index contributed by atoms with van der Waals surface area (Å²) in [6.07, 6.45) is 1.04. The average Bonchev–Trinajstić information content (AvgIpc) is 2.86. The Hall–Kier alpha value is -2.16. The Balaban J connectivity index is 1.78. The van der Waals surface area contributed by atoms with E-state index in [0.717, 1.165) is 13.0 Å². The van der Waals surface area contributed by atoms with Crippen LogP contribution >= 0.6 is 0 Å². The molecule has 18 heavy (non-hydrogen) atoms. The first-order chi connectivity index (χ1) is 8.84. The standard InChI is InChI=1S/C15H15NO2/c17-14-6-1-2-7-15(14)18-10-11-4-3-5-13-12(11)8-9-16-13/h1-7,16-17H,8-10H2. The second-order valence-electron chi connectivity index (χ2n) is 4.38. The molecule has 0 amide bonds. The fraction of sp³-hybridized carbons (Fsp3) is 0.200. The molecule has 0 saturated heterocycles. The number of ether oxygens (including phenoxy) is 1. The number of phenols is 1. The van der Waals surface area contributed by atoms with E-state index in [-0.39, 0.29) is 5.75 Å². The molecular weight excluding hydrogens is 226 g/mol. The Labute approximate surface area is 106 Å². The van der Waals surface area contributed by atoms with E-state index in [1.165, 1.54) is 16.8 Å². The van der Waals surface area contributed by atoms with E-state index in [4.69, 9.17) is 4.74 Å². The number of benzene rings is 2. The maximum atomic E-state index is 9.64. The number of rotatable bonds is 3. The highest BCUT2D eigenvalue weighted by Gasteiger charge is 2.14. The highest BCUT2D eigenvalue weighted by atomic mass is 16.5. The lowest BCUT2D eigenvalue weighted by Crippen LogP contribution is -1.99. The van der Waals surface area contributed by atoms with Crippen LogP contribution in [0.3, 0.4) is 0 Å². The van der Waals surface area contributed by atoms with E-state index >= 15 is 0 Å². The highest BCUT2D eigenvalue weighted by Crippen LogP contribution is 2.29. The van der Waals surface area contributed by atoms with Crippen molar-refractivity contribution in [1.29, 1.82) is 0 Å². The predicted octanol–water partition coefficient (Wildman–Crippen LogP) is 2.94. The molecule has 1 heterocycles. The maximum Gasteiger partial charge on any atom is 0.161 e. The van der Waals surface area contributed by atoms with Gasteiger partial charge in [0.15, 0.2) is 11.5 Å². The Bertz CT molecular complexity index is 566. The zero-order chi connectivity index (χ0) is 12.4. The van der Waals surface area contributed by atoms with Gasteiger partial charge in [-0.2, -0.15) is 0 Å². The number of aromatic hydroxyl groups is 1. The summed E-state index contributed by atoms with van der Waals surface area (Å²) >= 11 is 0. The van der Waals surface area contributed by atoms with Crippen LogP contribution in [0.1, 0.15) is 11.1 Å². The summed E-state index contributed by atoms with van der Waals surface area (Å²) in [4.78, 5) is 0. The molecule has 0 fully saturated rings. The van der Waals surface area contributed by atoms with E-state index < -0.39 is 0 Å². The minimum absolute atomic E-state index is 0.184. The fourth-order valence-electron chi connectivity index (χ4n) is 2.29. The van der Waals surface area contributed by atoms with Crippen LogP contribution in [0.2, 0.25) is 0 Å². The lowest BCUT2D eigenvalue weighted by molar-refractivity contribution is 0.288. The van der Waals surface area contributed by atoms with Gasteiger partial charge in [0.1, 0.15) is 6.61 Å². The molecule has 0 radical (unpaired) electrons. The predicted molar refractivity (Wildman–Crippen MR) is 71.1 cm³/mol. The van der Waals surface area contributed by atoms with Crippen LogP contribution < -0.4 is 10.1 Å². The van der Waals surface area contributed by atoms with E-state index in [0.29, 0.717) is 12.4 Å². The SMILES string of the molecule is Oc1ccccc1OCc1cccc2c1CCN2. The van der Waals surface area contributed by atoms with E-state index in [9.17, 15) is 5.11 Å². The van der Waals surface area contributed by atoms with Crippen LogP contribution in [-0.4, -0.2) is 11.7 Å². The van der Waals surface area contributed by atoms with Crippen LogP contribution in [0.5, 0.6) is 11.5 Å². The van der Waals surface area contributed by atoms with Crippen molar-refractivity contribution in [2.45, 2.75) is 13.0 Å². The lowest BCUT2D eigenvalue weighted by atomic mass is 10.1. The highest BCUT2D eigenvalue weighted by molar-refractivity contribution is 5.58. The number of hydrogen-bond acceptors (Lipinski definition) is 3. The fourth-order valence-corrected chi connectivity index (χ4v) is 2.29. The minimum atomic E-state index is 0.184. The van der Waals surface area contributed by atoms with E-state index in [1.807, 2.05) is 12.1 Å². The zero-order valence-electron chi connectivity index (χ0n) is 10.0. The normalized spacial score (nSPS) is 12.9. The smallest absolute Gasteiger partial charge is 0.161 e. The largest absolute Gasteiger partial charge is 0.504 e. The van der Waals surface area contributed by atoms with Crippen molar-refractivity contribution in [3.63, 3.8) is 0 Å². The summed E-state index contributed by atoms with van der Waals surface area (Å²) in [6.45, 7) is 1.48. The molecule has 3 nitrogen and oxygen atoms in total. The second kappa shape index (κ2) is 4.61. The topological polar surface area (TPSA) is 41.5 Å². The number of phenolic OH excluding ortho intramolecular Hbond substituents is 1. The van der Waals surface area contributed by atoms with Crippen molar-refractivity contribution in [3.05, 3.63) is 53.6 Å². The van der Waals surface area contributed by atoms with Gasteiger partial charge < -0.3 is 15.2 Å². The number of nitrogens with one attached hydrogen (secondary N) is 1. The molecule has 0 bridgehead atoms. The van der Waals surface area contributed by atoms with Gasteiger partial charge in [0.2, 0.25) is 0 Å². The molecule has 0 atom stereocenters. The van der Waals surface area contributed by atoms with Gasteiger partial charge in [0, 0.05) is 12.2 Å². The maximum absolute atomic E-state index is 9.64. The van der Waals surface area contributed by atoms with Crippen molar-refractivity contribution in [1.82, 2.24) is 0 Å². The van der Waals surface area contributed by atoms with Crippen LogP contribution in [0.25, 0.3) is 0 Å². The molecule has 1 aliphatic rings. The third-order valence-electron chi connectivity index (χ3n) is 3.21. The lowest BCUT2D eigenvalue weighted by Gasteiger charge is -2.10. The van der Waals surface area contributed by atoms with Gasteiger partial charge in [0.25, 0.3) is 0 Å². The van der Waals surface area contributed by atoms with Gasteiger partial charge in [-0.05, 0) is 35.7 Å². The molecule has 92 valence electrons. The molecule has 2 aromatic rings. The summed E-state index contributed by atoms with van der Waals surface area (Å²) < 4.78 is 5.67. The van der Waals surface area contributed by atoms with Crippen LogP contribution in [-0.2, 0) is 13.0 Å². The number of para-hydroxylation sites is 2. The molecule has 1 aliphatic heterocycles. The van der Waals surface area contributed by atoms with Gasteiger partial charge >= 0.3 is 0 Å². The van der Waals surface area contributed by atoms with Gasteiger partial charge in [-0.15, -0.1) is 0 Å². The molecule has 2 aromatic carbocycles. The molecule has 2 N–H and O–H groups in total. The van der Waals surface area contributed by atoms with Gasteiger partial charge in [-0.3, -0.25) is 0 Å². The first kappa shape index (κ1) is 11.0. The summed E-state index contributed by atoms with van der Waals surface area (Å²) in [5, 5.41) is 13.0. The van der Waals surface area contributed by atoms with Crippen LogP contribution in [0, 0.1) is 0 Å². The molecule has 0 saturated carbocycles. The van der Waals surface area contributed by atoms with E-state index in [1.54, 1.807) is 18.2 Å². The molecule has 3 rings (SSSR count). The molecule has 0 aliphatic carbocycles. The van der Waals surface area contributed by atoms with Crippen LogP contribution in [0.4, 0.5) is 5.69 Å². The quantitative estimate of drug-likeness (QED) is 0.868. The monoisotopic (exact) mass is 241 g/mol. The first-order valence-corrected chi connectivity index (χ1v) is 6.10. The summed E-state index contributed by atoms with van der Waals surface area (Å²) in [5.41, 5.74) is 3.71. The zero-order valence-corrected chi connectivity index (χ0v) is 10.0. The van der Waals surface area contributed by atoms with Crippen molar-refractivity contribution >= 4 is 5.69 Å². The Morgan fingerprint density at radius 3 is 2.89 bits per heavy atom.